The number of carbonyl (C=O) groups excluding carboxylic acids is 1. The highest BCUT2D eigenvalue weighted by atomic mass is 19.3. The zero-order chi connectivity index (χ0) is 13.8. The summed E-state index contributed by atoms with van der Waals surface area (Å²) in [7, 11) is 1.56. The molecule has 0 aliphatic carbocycles. The molecule has 0 saturated carbocycles. The van der Waals surface area contributed by atoms with Crippen LogP contribution in [0.1, 0.15) is 5.82 Å². The van der Waals surface area contributed by atoms with Crippen LogP contribution in [-0.4, -0.2) is 46.1 Å². The summed E-state index contributed by atoms with van der Waals surface area (Å²) >= 11 is 0. The van der Waals surface area contributed by atoms with Gasteiger partial charge in [0.2, 0.25) is 0 Å². The number of hydrogen-bond acceptors (Lipinski definition) is 4. The van der Waals surface area contributed by atoms with Crippen LogP contribution in [0.4, 0.5) is 17.6 Å². The summed E-state index contributed by atoms with van der Waals surface area (Å²) in [6.45, 7) is -2.16. The van der Waals surface area contributed by atoms with Crippen molar-refractivity contribution < 1.29 is 27.1 Å². The van der Waals surface area contributed by atoms with Gasteiger partial charge in [-0.05, 0) is 0 Å². The zero-order valence-electron chi connectivity index (χ0n) is 9.45. The third-order valence-corrected chi connectivity index (χ3v) is 2.04. The Morgan fingerprint density at radius 3 is 2.72 bits per heavy atom. The van der Waals surface area contributed by atoms with Crippen molar-refractivity contribution in [2.24, 2.45) is 7.05 Å². The topological polar surface area (TPSA) is 57.0 Å². The summed E-state index contributed by atoms with van der Waals surface area (Å²) in [6.07, 6.45) is -2.74. The number of halogens is 4. The first kappa shape index (κ1) is 14.6. The molecule has 0 aliphatic heterocycles. The molecule has 1 aromatic heterocycles. The second kappa shape index (κ2) is 5.89. The van der Waals surface area contributed by atoms with Gasteiger partial charge in [-0.3, -0.25) is 9.48 Å². The zero-order valence-corrected chi connectivity index (χ0v) is 9.45. The van der Waals surface area contributed by atoms with E-state index in [0.29, 0.717) is 5.82 Å². The Morgan fingerprint density at radius 2 is 2.22 bits per heavy atom. The quantitative estimate of drug-likeness (QED) is 0.688. The Morgan fingerprint density at radius 1 is 1.56 bits per heavy atom. The number of Topliss-reactive ketones (excluding diaryl/α,β-unsaturated/α-hetero) is 1. The van der Waals surface area contributed by atoms with Crippen LogP contribution in [0.2, 0.25) is 0 Å². The molecule has 9 heteroatoms. The number of ketones is 1. The number of alkyl halides is 4. The second-order valence-corrected chi connectivity index (χ2v) is 3.57. The largest absolute Gasteiger partial charge is 0.367 e. The first-order chi connectivity index (χ1) is 8.33. The van der Waals surface area contributed by atoms with Crippen molar-refractivity contribution in [2.75, 3.05) is 13.2 Å². The van der Waals surface area contributed by atoms with E-state index in [4.69, 9.17) is 0 Å². The maximum Gasteiger partial charge on any atom is 0.330 e. The predicted molar refractivity (Wildman–Crippen MR) is 51.5 cm³/mol. The van der Waals surface area contributed by atoms with Crippen LogP contribution < -0.4 is 0 Å². The van der Waals surface area contributed by atoms with Gasteiger partial charge in [-0.25, -0.2) is 13.8 Å². The lowest BCUT2D eigenvalue weighted by Gasteiger charge is -2.14. The van der Waals surface area contributed by atoms with Crippen LogP contribution in [0.3, 0.4) is 0 Å². The summed E-state index contributed by atoms with van der Waals surface area (Å²) in [6, 6.07) is 0. The second-order valence-electron chi connectivity index (χ2n) is 3.57. The number of aromatic nitrogens is 3. The van der Waals surface area contributed by atoms with E-state index >= 15 is 0 Å². The molecule has 0 radical (unpaired) electrons. The number of nitrogens with zero attached hydrogens (tertiary/aromatic N) is 3. The van der Waals surface area contributed by atoms with Gasteiger partial charge in [0, 0.05) is 7.05 Å². The van der Waals surface area contributed by atoms with E-state index in [9.17, 15) is 22.4 Å². The molecule has 0 unspecified atom stereocenters. The van der Waals surface area contributed by atoms with Crippen LogP contribution in [0.15, 0.2) is 6.33 Å². The summed E-state index contributed by atoms with van der Waals surface area (Å²) in [5, 5.41) is 3.71. The van der Waals surface area contributed by atoms with Crippen LogP contribution >= 0.6 is 0 Å². The standard InChI is InChI=1S/C9H11F4N3O2/c1-16-7(14-5-15-16)2-6(17)3-18-4-9(12,13)8(10)11/h5,8H,2-4H2,1H3. The van der Waals surface area contributed by atoms with E-state index in [2.05, 4.69) is 14.8 Å². The molecule has 0 N–H and O–H groups in total. The van der Waals surface area contributed by atoms with Gasteiger partial charge < -0.3 is 4.74 Å². The van der Waals surface area contributed by atoms with E-state index in [1.54, 1.807) is 7.05 Å². The minimum absolute atomic E-state index is 0.156. The predicted octanol–water partition coefficient (Wildman–Crippen LogP) is 0.844. The summed E-state index contributed by atoms with van der Waals surface area (Å²) in [5.41, 5.74) is 0. The van der Waals surface area contributed by atoms with E-state index in [1.807, 2.05) is 0 Å². The first-order valence-electron chi connectivity index (χ1n) is 4.91. The van der Waals surface area contributed by atoms with Crippen LogP contribution in [0.5, 0.6) is 0 Å². The molecule has 1 rings (SSSR count). The van der Waals surface area contributed by atoms with Crippen molar-refractivity contribution in [1.82, 2.24) is 14.8 Å². The smallest absolute Gasteiger partial charge is 0.330 e. The molecular weight excluding hydrogens is 258 g/mol. The molecule has 0 aliphatic rings. The Labute approximate surface area is 99.8 Å². The van der Waals surface area contributed by atoms with Crippen molar-refractivity contribution in [2.45, 2.75) is 18.8 Å². The van der Waals surface area contributed by atoms with E-state index in [1.165, 1.54) is 11.0 Å². The lowest BCUT2D eigenvalue weighted by molar-refractivity contribution is -0.168. The molecule has 18 heavy (non-hydrogen) atoms. The number of hydrogen-bond donors (Lipinski definition) is 0. The number of rotatable bonds is 7. The summed E-state index contributed by atoms with van der Waals surface area (Å²) in [5.74, 6) is -4.45. The van der Waals surface area contributed by atoms with Crippen LogP contribution in [0.25, 0.3) is 0 Å². The number of carbonyl (C=O) groups is 1. The molecule has 0 fully saturated rings. The molecule has 0 spiro atoms. The minimum atomic E-state index is -4.24. The van der Waals surface area contributed by atoms with Gasteiger partial charge in [-0.15, -0.1) is 0 Å². The molecular formula is C9H11F4N3O2. The number of aryl methyl sites for hydroxylation is 1. The molecule has 1 aromatic rings. The molecule has 102 valence electrons. The van der Waals surface area contributed by atoms with Crippen LogP contribution in [0, 0.1) is 0 Å². The lowest BCUT2D eigenvalue weighted by atomic mass is 10.3. The highest BCUT2D eigenvalue weighted by molar-refractivity contribution is 5.81. The van der Waals surface area contributed by atoms with Crippen molar-refractivity contribution in [3.8, 4) is 0 Å². The third kappa shape index (κ3) is 4.06. The fourth-order valence-electron chi connectivity index (χ4n) is 1.07. The van der Waals surface area contributed by atoms with Gasteiger partial charge in [0.15, 0.2) is 5.78 Å². The molecule has 5 nitrogen and oxygen atoms in total. The average molecular weight is 269 g/mol. The van der Waals surface area contributed by atoms with Gasteiger partial charge in [0.1, 0.15) is 25.4 Å². The fraction of sp³-hybridized carbons (Fsp3) is 0.667. The molecule has 0 saturated heterocycles. The normalized spacial score (nSPS) is 12.1. The van der Waals surface area contributed by atoms with Crippen molar-refractivity contribution in [3.05, 3.63) is 12.2 Å². The van der Waals surface area contributed by atoms with Gasteiger partial charge in [-0.2, -0.15) is 13.9 Å². The lowest BCUT2D eigenvalue weighted by Crippen LogP contribution is -2.33. The Balaban J connectivity index is 2.32. The average Bonchev–Trinajstić information content (AvgIpc) is 2.64. The van der Waals surface area contributed by atoms with Gasteiger partial charge in [-0.1, -0.05) is 0 Å². The third-order valence-electron chi connectivity index (χ3n) is 2.04. The van der Waals surface area contributed by atoms with E-state index in [-0.39, 0.29) is 6.42 Å². The molecule has 1 heterocycles. The highest BCUT2D eigenvalue weighted by Gasteiger charge is 2.41. The molecule has 0 aromatic carbocycles. The maximum atomic E-state index is 12.4. The Hall–Kier alpha value is -1.51. The molecule has 0 atom stereocenters. The van der Waals surface area contributed by atoms with Gasteiger partial charge in [0.05, 0.1) is 6.42 Å². The highest BCUT2D eigenvalue weighted by Crippen LogP contribution is 2.22. The SMILES string of the molecule is Cn1ncnc1CC(=O)COCC(F)(F)C(F)F. The fourth-order valence-corrected chi connectivity index (χ4v) is 1.07. The van der Waals surface area contributed by atoms with Gasteiger partial charge in [0.25, 0.3) is 0 Å². The van der Waals surface area contributed by atoms with Crippen molar-refractivity contribution in [1.29, 1.82) is 0 Å². The number of ether oxygens (including phenoxy) is 1. The molecule has 0 amide bonds. The Kier molecular flexibility index (Phi) is 4.76. The first-order valence-corrected chi connectivity index (χ1v) is 4.91. The van der Waals surface area contributed by atoms with E-state index in [0.717, 1.165) is 0 Å². The van der Waals surface area contributed by atoms with E-state index < -0.39 is 31.3 Å². The molecule has 0 bridgehead atoms. The van der Waals surface area contributed by atoms with Crippen LogP contribution in [-0.2, 0) is 23.0 Å². The van der Waals surface area contributed by atoms with Crippen molar-refractivity contribution in [3.63, 3.8) is 0 Å². The minimum Gasteiger partial charge on any atom is -0.367 e. The van der Waals surface area contributed by atoms with Crippen molar-refractivity contribution >= 4 is 5.78 Å². The van der Waals surface area contributed by atoms with Gasteiger partial charge >= 0.3 is 12.3 Å². The Bertz CT molecular complexity index is 408. The summed E-state index contributed by atoms with van der Waals surface area (Å²) in [4.78, 5) is 15.0. The maximum absolute atomic E-state index is 12.4. The monoisotopic (exact) mass is 269 g/mol. The summed E-state index contributed by atoms with van der Waals surface area (Å²) < 4.78 is 54.0.